The largest absolute Gasteiger partial charge is 0.428 e. The fourth-order valence-electron chi connectivity index (χ4n) is 4.09. The number of alkyl halides is 6. The van der Waals surface area contributed by atoms with Crippen molar-refractivity contribution in [3.63, 3.8) is 0 Å². The van der Waals surface area contributed by atoms with E-state index < -0.39 is 35.8 Å². The van der Waals surface area contributed by atoms with Crippen LogP contribution in [0.15, 0.2) is 0 Å². The van der Waals surface area contributed by atoms with Crippen molar-refractivity contribution in [3.8, 4) is 0 Å². The Morgan fingerprint density at radius 3 is 1.75 bits per heavy atom. The minimum Gasteiger partial charge on any atom is -0.390 e. The topological polar surface area (TPSA) is 49.7 Å². The van der Waals surface area contributed by atoms with E-state index in [1.54, 1.807) is 6.92 Å². The Kier molecular flexibility index (Phi) is 4.73. The highest BCUT2D eigenvalue weighted by atomic mass is 19.4. The number of ether oxygens (including phenoxy) is 1. The van der Waals surface area contributed by atoms with Crippen molar-refractivity contribution in [3.05, 3.63) is 0 Å². The van der Waals surface area contributed by atoms with Gasteiger partial charge in [-0.3, -0.25) is 0 Å². The molecule has 2 aliphatic carbocycles. The second-order valence-corrected chi connectivity index (χ2v) is 7.56. The molecule has 0 aromatic heterocycles. The van der Waals surface area contributed by atoms with Crippen molar-refractivity contribution < 1.29 is 41.3 Å². The molecule has 2 atom stereocenters. The summed E-state index contributed by atoms with van der Waals surface area (Å²) in [7, 11) is 0. The molecule has 2 bridgehead atoms. The van der Waals surface area contributed by atoms with Crippen LogP contribution < -0.4 is 0 Å². The fourth-order valence-corrected chi connectivity index (χ4v) is 4.09. The number of hydrogen-bond acceptors (Lipinski definition) is 3. The van der Waals surface area contributed by atoms with E-state index in [2.05, 4.69) is 0 Å². The van der Waals surface area contributed by atoms with Crippen molar-refractivity contribution in [2.24, 2.45) is 11.8 Å². The highest BCUT2D eigenvalue weighted by molar-refractivity contribution is 5.05. The molecule has 0 spiro atoms. The predicted molar refractivity (Wildman–Crippen MR) is 72.1 cm³/mol. The van der Waals surface area contributed by atoms with Crippen LogP contribution in [0.1, 0.15) is 46.0 Å². The lowest BCUT2D eigenvalue weighted by Crippen LogP contribution is -2.63. The van der Waals surface area contributed by atoms with Crippen LogP contribution >= 0.6 is 0 Å². The van der Waals surface area contributed by atoms with E-state index in [0.717, 1.165) is 6.42 Å². The van der Waals surface area contributed by atoms with Gasteiger partial charge in [0.15, 0.2) is 0 Å². The zero-order chi connectivity index (χ0) is 18.6. The van der Waals surface area contributed by atoms with E-state index in [1.807, 2.05) is 0 Å². The number of hydrogen-bond donors (Lipinski definition) is 2. The van der Waals surface area contributed by atoms with Gasteiger partial charge in [-0.1, -0.05) is 6.42 Å². The monoisotopic (exact) mass is 364 g/mol. The first kappa shape index (κ1) is 19.8. The molecule has 2 aliphatic rings. The third-order valence-electron chi connectivity index (χ3n) is 5.63. The molecule has 0 aromatic rings. The van der Waals surface area contributed by atoms with Crippen LogP contribution in [0.25, 0.3) is 0 Å². The Morgan fingerprint density at radius 2 is 1.38 bits per heavy atom. The maximum absolute atomic E-state index is 12.8. The summed E-state index contributed by atoms with van der Waals surface area (Å²) < 4.78 is 82.0. The van der Waals surface area contributed by atoms with Gasteiger partial charge in [-0.05, 0) is 51.4 Å². The molecule has 2 unspecified atom stereocenters. The summed E-state index contributed by atoms with van der Waals surface area (Å²) >= 11 is 0. The van der Waals surface area contributed by atoms with E-state index in [1.165, 1.54) is 6.92 Å². The van der Waals surface area contributed by atoms with Crippen LogP contribution in [0.4, 0.5) is 26.3 Å². The Balaban J connectivity index is 2.23. The molecule has 0 saturated heterocycles. The highest BCUT2D eigenvalue weighted by Crippen LogP contribution is 2.53. The summed E-state index contributed by atoms with van der Waals surface area (Å²) in [6.45, 7) is 1.20. The van der Waals surface area contributed by atoms with E-state index >= 15 is 0 Å². The SMILES string of the molecule is CC1(O)CC2CCCC(C1)C2(C)OCC(O)(C(F)(F)F)C(F)(F)F. The second kappa shape index (κ2) is 5.74. The summed E-state index contributed by atoms with van der Waals surface area (Å²) in [6, 6.07) is 0. The van der Waals surface area contributed by atoms with Crippen LogP contribution in [-0.2, 0) is 4.74 Å². The Labute approximate surface area is 136 Å². The standard InChI is InChI=1S/C15H22F6O3/c1-11(22)6-9-4-3-5-10(7-11)12(9,2)24-8-13(23,14(16,17)18)15(19,20)21/h9-10,22-23H,3-8H2,1-2H3. The molecule has 0 aliphatic heterocycles. The molecular formula is C15H22F6O3. The average Bonchev–Trinajstić information content (AvgIpc) is 2.35. The quantitative estimate of drug-likeness (QED) is 0.753. The number of aliphatic hydroxyl groups is 2. The lowest BCUT2D eigenvalue weighted by atomic mass is 9.58. The molecule has 0 radical (unpaired) electrons. The van der Waals surface area contributed by atoms with Crippen LogP contribution in [-0.4, -0.2) is 46.0 Å². The third-order valence-corrected chi connectivity index (χ3v) is 5.63. The van der Waals surface area contributed by atoms with Gasteiger partial charge in [0, 0.05) is 0 Å². The molecule has 2 rings (SSSR count). The van der Waals surface area contributed by atoms with E-state index in [-0.39, 0.29) is 24.7 Å². The second-order valence-electron chi connectivity index (χ2n) is 7.56. The highest BCUT2D eigenvalue weighted by Gasteiger charge is 2.71. The van der Waals surface area contributed by atoms with Crippen LogP contribution in [0.5, 0.6) is 0 Å². The van der Waals surface area contributed by atoms with Crippen molar-refractivity contribution in [2.45, 2.75) is 75.1 Å². The molecule has 2 fully saturated rings. The normalized spacial score (nSPS) is 38.2. The van der Waals surface area contributed by atoms with Gasteiger partial charge in [0.2, 0.25) is 0 Å². The van der Waals surface area contributed by atoms with Crippen LogP contribution in [0.2, 0.25) is 0 Å². The summed E-state index contributed by atoms with van der Waals surface area (Å²) in [5, 5.41) is 19.5. The van der Waals surface area contributed by atoms with E-state index in [9.17, 15) is 36.6 Å². The van der Waals surface area contributed by atoms with Gasteiger partial charge in [0.1, 0.15) is 0 Å². The van der Waals surface area contributed by atoms with Gasteiger partial charge >= 0.3 is 12.4 Å². The zero-order valence-electron chi connectivity index (χ0n) is 13.5. The molecule has 3 nitrogen and oxygen atoms in total. The molecule has 9 heteroatoms. The first-order valence-electron chi connectivity index (χ1n) is 7.84. The van der Waals surface area contributed by atoms with Crippen LogP contribution in [0, 0.1) is 11.8 Å². The molecule has 0 amide bonds. The zero-order valence-corrected chi connectivity index (χ0v) is 13.5. The van der Waals surface area contributed by atoms with Gasteiger partial charge in [0.05, 0.1) is 17.8 Å². The predicted octanol–water partition coefficient (Wildman–Crippen LogP) is 3.58. The molecule has 142 valence electrons. The maximum Gasteiger partial charge on any atom is 0.428 e. The minimum atomic E-state index is -5.89. The molecule has 2 saturated carbocycles. The number of fused-ring (bicyclic) bond motifs is 2. The van der Waals surface area contributed by atoms with Gasteiger partial charge in [-0.2, -0.15) is 26.3 Å². The van der Waals surface area contributed by atoms with Gasteiger partial charge in [-0.15, -0.1) is 0 Å². The summed E-state index contributed by atoms with van der Waals surface area (Å²) in [5.74, 6) is -0.712. The lowest BCUT2D eigenvalue weighted by Gasteiger charge is -2.55. The Morgan fingerprint density at radius 1 is 0.958 bits per heavy atom. The number of halogens is 6. The van der Waals surface area contributed by atoms with E-state index in [4.69, 9.17) is 4.74 Å². The Hall–Kier alpha value is -0.540. The fraction of sp³-hybridized carbons (Fsp3) is 1.00. The summed E-state index contributed by atoms with van der Waals surface area (Å²) in [5.41, 5.74) is -7.15. The summed E-state index contributed by atoms with van der Waals surface area (Å²) in [4.78, 5) is 0. The first-order valence-corrected chi connectivity index (χ1v) is 7.84. The molecule has 2 N–H and O–H groups in total. The van der Waals surface area contributed by atoms with Crippen molar-refractivity contribution in [1.29, 1.82) is 0 Å². The molecule has 0 heterocycles. The van der Waals surface area contributed by atoms with Crippen LogP contribution in [0.3, 0.4) is 0 Å². The Bertz CT molecular complexity index is 441. The van der Waals surface area contributed by atoms with Gasteiger partial charge < -0.3 is 14.9 Å². The maximum atomic E-state index is 12.8. The average molecular weight is 364 g/mol. The van der Waals surface area contributed by atoms with E-state index in [0.29, 0.717) is 12.8 Å². The molecule has 24 heavy (non-hydrogen) atoms. The first-order chi connectivity index (χ1) is 10.6. The van der Waals surface area contributed by atoms with Crippen molar-refractivity contribution in [2.75, 3.05) is 6.61 Å². The smallest absolute Gasteiger partial charge is 0.390 e. The number of rotatable bonds is 3. The van der Waals surface area contributed by atoms with Crippen molar-refractivity contribution >= 4 is 0 Å². The summed E-state index contributed by atoms with van der Waals surface area (Å²) in [6.07, 6.45) is -9.40. The van der Waals surface area contributed by atoms with Crippen molar-refractivity contribution in [1.82, 2.24) is 0 Å². The third kappa shape index (κ3) is 3.26. The van der Waals surface area contributed by atoms with Gasteiger partial charge in [-0.25, -0.2) is 0 Å². The molecular weight excluding hydrogens is 342 g/mol. The molecule has 0 aromatic carbocycles. The minimum absolute atomic E-state index is 0.246. The van der Waals surface area contributed by atoms with Gasteiger partial charge in [0.25, 0.3) is 5.60 Å². The lowest BCUT2D eigenvalue weighted by molar-refractivity contribution is -0.386.